The number of benzene rings is 2. The topological polar surface area (TPSA) is 90.2 Å². The van der Waals surface area contributed by atoms with Crippen LogP contribution in [0.15, 0.2) is 42.7 Å². The van der Waals surface area contributed by atoms with Crippen LogP contribution in [0.2, 0.25) is 10.0 Å². The second-order valence-electron chi connectivity index (χ2n) is 5.73. The zero-order chi connectivity index (χ0) is 19.6. The van der Waals surface area contributed by atoms with Crippen molar-refractivity contribution < 1.29 is 9.66 Å². The molecule has 3 aromatic rings. The van der Waals surface area contributed by atoms with E-state index in [2.05, 4.69) is 15.3 Å². The van der Waals surface area contributed by atoms with Crippen molar-refractivity contribution >= 4 is 40.4 Å². The molecule has 0 saturated heterocycles. The molecule has 9 heteroatoms. The molecule has 27 heavy (non-hydrogen) atoms. The second kappa shape index (κ2) is 7.77. The molecular formula is C18H14Cl2N4O3. The van der Waals surface area contributed by atoms with Gasteiger partial charge in [-0.05, 0) is 55.3 Å². The number of aryl methyl sites for hydroxylation is 2. The first-order valence-electron chi connectivity index (χ1n) is 7.81. The third-order valence-corrected chi connectivity index (χ3v) is 4.40. The summed E-state index contributed by atoms with van der Waals surface area (Å²) in [6.07, 6.45) is 1.18. The summed E-state index contributed by atoms with van der Waals surface area (Å²) < 4.78 is 5.65. The predicted molar refractivity (Wildman–Crippen MR) is 104 cm³/mol. The van der Waals surface area contributed by atoms with Gasteiger partial charge in [-0.2, -0.15) is 4.98 Å². The summed E-state index contributed by atoms with van der Waals surface area (Å²) in [6, 6.07) is 10.1. The quantitative estimate of drug-likeness (QED) is 0.423. The maximum absolute atomic E-state index is 11.6. The van der Waals surface area contributed by atoms with E-state index in [1.54, 1.807) is 24.3 Å². The van der Waals surface area contributed by atoms with E-state index in [1.807, 2.05) is 19.9 Å². The van der Waals surface area contributed by atoms with Gasteiger partial charge in [-0.15, -0.1) is 0 Å². The summed E-state index contributed by atoms with van der Waals surface area (Å²) in [6.45, 7) is 3.89. The van der Waals surface area contributed by atoms with Gasteiger partial charge in [0.05, 0.1) is 15.6 Å². The summed E-state index contributed by atoms with van der Waals surface area (Å²) in [7, 11) is 0. The van der Waals surface area contributed by atoms with E-state index >= 15 is 0 Å². The van der Waals surface area contributed by atoms with Crippen molar-refractivity contribution in [2.45, 2.75) is 13.8 Å². The molecule has 138 valence electrons. The van der Waals surface area contributed by atoms with E-state index in [9.17, 15) is 10.1 Å². The van der Waals surface area contributed by atoms with Crippen molar-refractivity contribution in [2.24, 2.45) is 0 Å². The number of hydrogen-bond donors (Lipinski definition) is 1. The Labute approximate surface area is 165 Å². The molecule has 1 aromatic heterocycles. The molecule has 1 heterocycles. The predicted octanol–water partition coefficient (Wildman–Crippen LogP) is 5.84. The van der Waals surface area contributed by atoms with Crippen LogP contribution >= 0.6 is 23.2 Å². The van der Waals surface area contributed by atoms with Gasteiger partial charge < -0.3 is 10.1 Å². The van der Waals surface area contributed by atoms with Crippen LogP contribution in [0.4, 0.5) is 17.2 Å². The average molecular weight is 405 g/mol. The Balaban J connectivity index is 1.99. The molecule has 3 rings (SSSR count). The lowest BCUT2D eigenvalue weighted by molar-refractivity contribution is -0.385. The molecule has 0 aliphatic carbocycles. The normalized spacial score (nSPS) is 10.5. The average Bonchev–Trinajstić information content (AvgIpc) is 2.60. The lowest BCUT2D eigenvalue weighted by Gasteiger charge is -2.11. The molecule has 0 aliphatic rings. The number of nitro groups is 1. The molecular weight excluding hydrogens is 391 g/mol. The highest BCUT2D eigenvalue weighted by atomic mass is 35.5. The first-order valence-corrected chi connectivity index (χ1v) is 8.57. The summed E-state index contributed by atoms with van der Waals surface area (Å²) in [5.74, 6) is 0.222. The van der Waals surface area contributed by atoms with E-state index in [1.165, 1.54) is 12.4 Å². The van der Waals surface area contributed by atoms with Gasteiger partial charge in [0.25, 0.3) is 0 Å². The highest BCUT2D eigenvalue weighted by Gasteiger charge is 2.25. The molecule has 0 saturated carbocycles. The van der Waals surface area contributed by atoms with E-state index < -0.39 is 10.6 Å². The van der Waals surface area contributed by atoms with Crippen molar-refractivity contribution in [1.82, 2.24) is 9.97 Å². The Morgan fingerprint density at radius 2 is 1.85 bits per heavy atom. The van der Waals surface area contributed by atoms with Crippen molar-refractivity contribution in [3.05, 3.63) is 74.0 Å². The minimum Gasteiger partial charge on any atom is -0.434 e. The third-order valence-electron chi connectivity index (χ3n) is 3.85. The Morgan fingerprint density at radius 1 is 1.07 bits per heavy atom. The van der Waals surface area contributed by atoms with Gasteiger partial charge >= 0.3 is 11.6 Å². The van der Waals surface area contributed by atoms with Crippen LogP contribution < -0.4 is 10.1 Å². The molecule has 0 amide bonds. The number of nitrogens with one attached hydrogen (secondary N) is 1. The van der Waals surface area contributed by atoms with Crippen molar-refractivity contribution in [2.75, 3.05) is 5.32 Å². The van der Waals surface area contributed by atoms with Crippen LogP contribution in [-0.2, 0) is 0 Å². The maximum Gasteiger partial charge on any atom is 0.373 e. The fourth-order valence-corrected chi connectivity index (χ4v) is 2.76. The van der Waals surface area contributed by atoms with Crippen molar-refractivity contribution in [1.29, 1.82) is 0 Å². The van der Waals surface area contributed by atoms with Gasteiger partial charge in [-0.1, -0.05) is 29.3 Å². The molecule has 0 unspecified atom stereocenters. The molecule has 0 aliphatic heterocycles. The first-order chi connectivity index (χ1) is 12.8. The summed E-state index contributed by atoms with van der Waals surface area (Å²) in [4.78, 5) is 18.9. The zero-order valence-electron chi connectivity index (χ0n) is 14.4. The van der Waals surface area contributed by atoms with Crippen molar-refractivity contribution in [3.63, 3.8) is 0 Å². The summed E-state index contributed by atoms with van der Waals surface area (Å²) >= 11 is 12.0. The van der Waals surface area contributed by atoms with Gasteiger partial charge in [-0.3, -0.25) is 10.1 Å². The smallest absolute Gasteiger partial charge is 0.373 e. The molecule has 2 aromatic carbocycles. The van der Waals surface area contributed by atoms with E-state index in [0.717, 1.165) is 11.1 Å². The number of ether oxygens (including phenoxy) is 1. The molecule has 0 bridgehead atoms. The van der Waals surface area contributed by atoms with Crippen LogP contribution in [0.1, 0.15) is 11.1 Å². The SMILES string of the molecule is Cc1ccc(Oc2ncnc(Nc3ccc(Cl)cc3Cl)c2[N+](=O)[O-])cc1C. The fourth-order valence-electron chi connectivity index (χ4n) is 2.30. The molecule has 0 spiro atoms. The van der Waals surface area contributed by atoms with E-state index in [0.29, 0.717) is 21.5 Å². The summed E-state index contributed by atoms with van der Waals surface area (Å²) in [5, 5.41) is 15.2. The molecule has 0 radical (unpaired) electrons. The molecule has 1 N–H and O–H groups in total. The molecule has 7 nitrogen and oxygen atoms in total. The second-order valence-corrected chi connectivity index (χ2v) is 6.57. The van der Waals surface area contributed by atoms with Crippen LogP contribution in [0.5, 0.6) is 11.6 Å². The highest BCUT2D eigenvalue weighted by molar-refractivity contribution is 6.36. The standard InChI is InChI=1S/C18H14Cl2N4O3/c1-10-3-5-13(7-11(10)2)27-18-16(24(25)26)17(21-9-22-18)23-15-6-4-12(19)8-14(15)20/h3-9H,1-2H3,(H,21,22,23). The van der Waals surface area contributed by atoms with Gasteiger partial charge in [0.2, 0.25) is 5.82 Å². The highest BCUT2D eigenvalue weighted by Crippen LogP contribution is 2.37. The Kier molecular flexibility index (Phi) is 5.43. The van der Waals surface area contributed by atoms with Crippen LogP contribution in [-0.4, -0.2) is 14.9 Å². The molecule has 0 fully saturated rings. The Bertz CT molecular complexity index is 1030. The van der Waals surface area contributed by atoms with Gasteiger partial charge in [0.15, 0.2) is 0 Å². The number of hydrogen-bond acceptors (Lipinski definition) is 6. The lowest BCUT2D eigenvalue weighted by atomic mass is 10.1. The Hall–Kier alpha value is -2.90. The van der Waals surface area contributed by atoms with Crippen LogP contribution in [0.3, 0.4) is 0 Å². The van der Waals surface area contributed by atoms with Crippen LogP contribution in [0.25, 0.3) is 0 Å². The van der Waals surface area contributed by atoms with E-state index in [4.69, 9.17) is 27.9 Å². The maximum atomic E-state index is 11.6. The van der Waals surface area contributed by atoms with Gasteiger partial charge in [0.1, 0.15) is 12.1 Å². The van der Waals surface area contributed by atoms with Gasteiger partial charge in [0, 0.05) is 5.02 Å². The monoisotopic (exact) mass is 404 g/mol. The fraction of sp³-hybridized carbons (Fsp3) is 0.111. The number of rotatable bonds is 5. The zero-order valence-corrected chi connectivity index (χ0v) is 15.9. The minimum atomic E-state index is -0.609. The lowest BCUT2D eigenvalue weighted by Crippen LogP contribution is -2.04. The van der Waals surface area contributed by atoms with E-state index in [-0.39, 0.29) is 11.7 Å². The molecule has 0 atom stereocenters. The van der Waals surface area contributed by atoms with Crippen molar-refractivity contribution in [3.8, 4) is 11.6 Å². The number of aromatic nitrogens is 2. The minimum absolute atomic E-state index is 0.0435. The first kappa shape index (κ1) is 18.9. The third kappa shape index (κ3) is 4.27. The number of anilines is 2. The summed E-state index contributed by atoms with van der Waals surface area (Å²) in [5.41, 5.74) is 2.09. The number of halogens is 2. The number of nitrogens with zero attached hydrogens (tertiary/aromatic N) is 3. The van der Waals surface area contributed by atoms with Gasteiger partial charge in [-0.25, -0.2) is 4.98 Å². The largest absolute Gasteiger partial charge is 0.434 e. The van der Waals surface area contributed by atoms with Crippen LogP contribution in [0, 0.1) is 24.0 Å². The Morgan fingerprint density at radius 3 is 2.52 bits per heavy atom.